The van der Waals surface area contributed by atoms with Crippen LogP contribution in [-0.2, 0) is 15.6 Å². The topological polar surface area (TPSA) is 72.2 Å². The van der Waals surface area contributed by atoms with Crippen molar-refractivity contribution in [1.29, 1.82) is 0 Å². The van der Waals surface area contributed by atoms with Gasteiger partial charge < -0.3 is 5.32 Å². The van der Waals surface area contributed by atoms with Crippen molar-refractivity contribution in [3.05, 3.63) is 33.4 Å². The van der Waals surface area contributed by atoms with Gasteiger partial charge in [-0.2, -0.15) is 0 Å². The fourth-order valence-electron chi connectivity index (χ4n) is 2.25. The minimum absolute atomic E-state index is 0.0410. The van der Waals surface area contributed by atoms with E-state index in [9.17, 15) is 14.9 Å². The Labute approximate surface area is 125 Å². The molecule has 0 saturated carbocycles. The summed E-state index contributed by atoms with van der Waals surface area (Å²) in [5.74, 6) is -0.238. The van der Waals surface area contributed by atoms with Gasteiger partial charge in [0.2, 0.25) is 5.91 Å². The normalized spacial score (nSPS) is 12.1. The summed E-state index contributed by atoms with van der Waals surface area (Å²) in [6, 6.07) is 3.33. The first-order valence-electron chi connectivity index (χ1n) is 6.95. The van der Waals surface area contributed by atoms with Crippen LogP contribution in [-0.4, -0.2) is 10.8 Å². The highest BCUT2D eigenvalue weighted by molar-refractivity contribution is 5.90. The number of hydrogen-bond acceptors (Lipinski definition) is 3. The Kier molecular flexibility index (Phi) is 4.46. The third kappa shape index (κ3) is 4.03. The summed E-state index contributed by atoms with van der Waals surface area (Å²) in [5, 5.41) is 14.1. The van der Waals surface area contributed by atoms with E-state index in [0.29, 0.717) is 11.3 Å². The quantitative estimate of drug-likeness (QED) is 0.657. The lowest BCUT2D eigenvalue weighted by molar-refractivity contribution is -0.385. The van der Waals surface area contributed by atoms with Crippen LogP contribution in [0.4, 0.5) is 11.4 Å². The lowest BCUT2D eigenvalue weighted by Crippen LogP contribution is -2.21. The first-order chi connectivity index (χ1) is 9.34. The molecule has 0 aliphatic carbocycles. The second-order valence-electron chi connectivity index (χ2n) is 7.35. The zero-order chi connectivity index (χ0) is 16.6. The van der Waals surface area contributed by atoms with Gasteiger partial charge in [0.25, 0.3) is 5.69 Å². The molecule has 0 bridgehead atoms. The maximum absolute atomic E-state index is 11.4. The van der Waals surface area contributed by atoms with Gasteiger partial charge in [-0.3, -0.25) is 14.9 Å². The monoisotopic (exact) mass is 292 g/mol. The van der Waals surface area contributed by atoms with Gasteiger partial charge in [-0.15, -0.1) is 0 Å². The minimum atomic E-state index is -0.391. The van der Waals surface area contributed by atoms with Crippen LogP contribution in [0, 0.1) is 10.1 Å². The van der Waals surface area contributed by atoms with Crippen molar-refractivity contribution in [1.82, 2.24) is 0 Å². The van der Waals surface area contributed by atoms with Gasteiger partial charge in [0.15, 0.2) is 0 Å². The summed E-state index contributed by atoms with van der Waals surface area (Å²) in [5.41, 5.74) is 1.54. The van der Waals surface area contributed by atoms with Crippen molar-refractivity contribution in [2.45, 2.75) is 59.3 Å². The molecule has 0 unspecified atom stereocenters. The average Bonchev–Trinajstić information content (AvgIpc) is 2.24. The standard InChI is InChI=1S/C16H24N2O3/c1-10(19)17-13-9-14(18(20)21)12(16(5,6)7)8-11(13)15(2,3)4/h8-9H,1-7H3,(H,17,19). The molecule has 0 fully saturated rings. The van der Waals surface area contributed by atoms with Crippen LogP contribution in [0.1, 0.15) is 59.6 Å². The van der Waals surface area contributed by atoms with E-state index >= 15 is 0 Å². The summed E-state index contributed by atoms with van der Waals surface area (Å²) in [6.45, 7) is 13.3. The van der Waals surface area contributed by atoms with Crippen LogP contribution in [0.15, 0.2) is 12.1 Å². The molecule has 5 nitrogen and oxygen atoms in total. The van der Waals surface area contributed by atoms with E-state index in [1.165, 1.54) is 13.0 Å². The largest absolute Gasteiger partial charge is 0.326 e. The van der Waals surface area contributed by atoms with E-state index in [4.69, 9.17) is 0 Å². The third-order valence-electron chi connectivity index (χ3n) is 3.26. The Bertz CT molecular complexity index is 578. The molecule has 0 heterocycles. The predicted octanol–water partition coefficient (Wildman–Crippen LogP) is 4.15. The highest BCUT2D eigenvalue weighted by Gasteiger charge is 2.30. The fraction of sp³-hybridized carbons (Fsp3) is 0.562. The number of carbonyl (C=O) groups excluding carboxylic acids is 1. The summed E-state index contributed by atoms with van der Waals surface area (Å²) in [7, 11) is 0. The van der Waals surface area contributed by atoms with Crippen molar-refractivity contribution in [2.75, 3.05) is 5.32 Å². The zero-order valence-electron chi connectivity index (χ0n) is 13.8. The fourth-order valence-corrected chi connectivity index (χ4v) is 2.25. The van der Waals surface area contributed by atoms with Crippen LogP contribution in [0.3, 0.4) is 0 Å². The smallest absolute Gasteiger partial charge is 0.275 e. The molecule has 1 N–H and O–H groups in total. The summed E-state index contributed by atoms with van der Waals surface area (Å²) in [4.78, 5) is 22.3. The van der Waals surface area contributed by atoms with Gasteiger partial charge in [-0.1, -0.05) is 41.5 Å². The molecule has 0 atom stereocenters. The van der Waals surface area contributed by atoms with Gasteiger partial charge in [0, 0.05) is 18.6 Å². The minimum Gasteiger partial charge on any atom is -0.326 e. The van der Waals surface area contributed by atoms with Crippen LogP contribution in [0.5, 0.6) is 0 Å². The van der Waals surface area contributed by atoms with Crippen molar-refractivity contribution in [3.8, 4) is 0 Å². The summed E-state index contributed by atoms with van der Waals surface area (Å²) >= 11 is 0. The zero-order valence-corrected chi connectivity index (χ0v) is 13.8. The van der Waals surface area contributed by atoms with E-state index in [2.05, 4.69) is 5.32 Å². The van der Waals surface area contributed by atoms with Crippen LogP contribution >= 0.6 is 0 Å². The van der Waals surface area contributed by atoms with Crippen molar-refractivity contribution < 1.29 is 9.72 Å². The van der Waals surface area contributed by atoms with Crippen molar-refractivity contribution >= 4 is 17.3 Å². The number of hydrogen-bond donors (Lipinski definition) is 1. The molecule has 5 heteroatoms. The highest BCUT2D eigenvalue weighted by atomic mass is 16.6. The molecular weight excluding hydrogens is 268 g/mol. The Morgan fingerprint density at radius 3 is 1.86 bits per heavy atom. The predicted molar refractivity (Wildman–Crippen MR) is 84.8 cm³/mol. The molecule has 1 aromatic carbocycles. The number of rotatable bonds is 2. The SMILES string of the molecule is CC(=O)Nc1cc([N+](=O)[O-])c(C(C)(C)C)cc1C(C)(C)C. The van der Waals surface area contributed by atoms with E-state index in [0.717, 1.165) is 5.56 Å². The molecule has 0 saturated heterocycles. The highest BCUT2D eigenvalue weighted by Crippen LogP contribution is 2.39. The molecule has 0 aliphatic rings. The maximum Gasteiger partial charge on any atom is 0.275 e. The van der Waals surface area contributed by atoms with E-state index < -0.39 is 4.92 Å². The van der Waals surface area contributed by atoms with Gasteiger partial charge in [0.05, 0.1) is 10.6 Å². The van der Waals surface area contributed by atoms with Gasteiger partial charge in [-0.25, -0.2) is 0 Å². The van der Waals surface area contributed by atoms with Crippen molar-refractivity contribution in [2.24, 2.45) is 0 Å². The third-order valence-corrected chi connectivity index (χ3v) is 3.26. The van der Waals surface area contributed by atoms with Crippen LogP contribution in [0.25, 0.3) is 0 Å². The number of benzene rings is 1. The Hall–Kier alpha value is -1.91. The van der Waals surface area contributed by atoms with Gasteiger partial charge in [-0.05, 0) is 22.5 Å². The Morgan fingerprint density at radius 2 is 1.52 bits per heavy atom. The molecule has 0 aliphatic heterocycles. The van der Waals surface area contributed by atoms with Crippen LogP contribution < -0.4 is 5.32 Å². The molecule has 0 spiro atoms. The summed E-state index contributed by atoms with van der Waals surface area (Å²) in [6.07, 6.45) is 0. The molecule has 0 aromatic heterocycles. The molecular formula is C16H24N2O3. The number of nitrogens with one attached hydrogen (secondary N) is 1. The van der Waals surface area contributed by atoms with E-state index in [1.807, 2.05) is 47.6 Å². The first-order valence-corrected chi connectivity index (χ1v) is 6.95. The molecule has 1 amide bonds. The number of nitrogens with zero attached hydrogens (tertiary/aromatic N) is 1. The average molecular weight is 292 g/mol. The maximum atomic E-state index is 11.4. The second-order valence-corrected chi connectivity index (χ2v) is 7.35. The van der Waals surface area contributed by atoms with Crippen LogP contribution in [0.2, 0.25) is 0 Å². The molecule has 0 radical (unpaired) electrons. The number of carbonyl (C=O) groups is 1. The number of nitro benzene ring substituents is 1. The first kappa shape index (κ1) is 17.1. The Morgan fingerprint density at radius 1 is 1.05 bits per heavy atom. The number of nitro groups is 1. The summed E-state index contributed by atoms with van der Waals surface area (Å²) < 4.78 is 0. The lowest BCUT2D eigenvalue weighted by atomic mass is 9.79. The molecule has 1 rings (SSSR count). The van der Waals surface area contributed by atoms with Crippen molar-refractivity contribution in [3.63, 3.8) is 0 Å². The number of amides is 1. The second kappa shape index (κ2) is 5.47. The van der Waals surface area contributed by atoms with E-state index in [-0.39, 0.29) is 22.4 Å². The molecule has 1 aromatic rings. The lowest BCUT2D eigenvalue weighted by Gasteiger charge is -2.27. The van der Waals surface area contributed by atoms with E-state index in [1.54, 1.807) is 0 Å². The van der Waals surface area contributed by atoms with Gasteiger partial charge in [0.1, 0.15) is 0 Å². The molecule has 21 heavy (non-hydrogen) atoms. The van der Waals surface area contributed by atoms with Gasteiger partial charge >= 0.3 is 0 Å². The Balaban J connectivity index is 3.70. The molecule has 116 valence electrons. The number of anilines is 1.